The Morgan fingerprint density at radius 1 is 1.40 bits per heavy atom. The maximum absolute atomic E-state index is 12.6. The van der Waals surface area contributed by atoms with E-state index in [1.807, 2.05) is 0 Å². The van der Waals surface area contributed by atoms with Crippen LogP contribution in [-0.2, 0) is 18.3 Å². The highest BCUT2D eigenvalue weighted by Gasteiger charge is 2.41. The molecule has 0 bridgehead atoms. The first kappa shape index (κ1) is 20.0. The van der Waals surface area contributed by atoms with Crippen LogP contribution < -0.4 is 16.3 Å². The van der Waals surface area contributed by atoms with E-state index in [9.17, 15) is 19.3 Å². The molecular weight excluding hydrogens is 353 g/mol. The fourth-order valence-corrected chi connectivity index (χ4v) is 4.24. The number of aromatic amines is 1. The summed E-state index contributed by atoms with van der Waals surface area (Å²) < 4.78 is 29.9. The first-order valence-corrected chi connectivity index (χ1v) is 9.63. The molecule has 1 aliphatic heterocycles. The standard InChI is InChI=1S/C14H24N3O7P/c1-4-22-25(21,23-5-2)16-10-6-12(24-11(10)8-18)17-7-9(3)13(19)15-14(17)20/h7,10-12,18H,4-6,8H2,1-3H3,(H,16,21)(H,15,19,20)/t10-,11+,12+/m0/s1. The number of nitrogens with one attached hydrogen (secondary N) is 2. The van der Waals surface area contributed by atoms with Crippen LogP contribution in [0.2, 0.25) is 0 Å². The van der Waals surface area contributed by atoms with Gasteiger partial charge in [-0.05, 0) is 20.8 Å². The van der Waals surface area contributed by atoms with Crippen molar-refractivity contribution in [3.8, 4) is 0 Å². The molecule has 0 radical (unpaired) electrons. The molecule has 142 valence electrons. The van der Waals surface area contributed by atoms with Gasteiger partial charge < -0.3 is 9.84 Å². The second-order valence-electron chi connectivity index (χ2n) is 5.59. The van der Waals surface area contributed by atoms with Crippen LogP contribution in [0.25, 0.3) is 0 Å². The fraction of sp³-hybridized carbons (Fsp3) is 0.714. The van der Waals surface area contributed by atoms with Gasteiger partial charge in [-0.2, -0.15) is 0 Å². The smallest absolute Gasteiger partial charge is 0.394 e. The monoisotopic (exact) mass is 377 g/mol. The number of ether oxygens (including phenoxy) is 1. The molecule has 0 aliphatic carbocycles. The van der Waals surface area contributed by atoms with Crippen LogP contribution in [0, 0.1) is 6.92 Å². The third-order valence-corrected chi connectivity index (χ3v) is 5.64. The Morgan fingerprint density at radius 2 is 2.04 bits per heavy atom. The van der Waals surface area contributed by atoms with Crippen molar-refractivity contribution in [3.63, 3.8) is 0 Å². The van der Waals surface area contributed by atoms with Crippen molar-refractivity contribution in [3.05, 3.63) is 32.6 Å². The minimum atomic E-state index is -3.55. The predicted molar refractivity (Wildman–Crippen MR) is 89.5 cm³/mol. The number of aliphatic hydroxyl groups is 1. The highest BCUT2D eigenvalue weighted by Crippen LogP contribution is 2.46. The largest absolute Gasteiger partial charge is 0.405 e. The van der Waals surface area contributed by atoms with Crippen LogP contribution in [-0.4, -0.2) is 46.6 Å². The average molecular weight is 377 g/mol. The normalized spacial score (nSPS) is 23.9. The Bertz CT molecular complexity index is 737. The van der Waals surface area contributed by atoms with E-state index in [1.54, 1.807) is 20.8 Å². The molecule has 0 unspecified atom stereocenters. The van der Waals surface area contributed by atoms with Crippen molar-refractivity contribution >= 4 is 7.75 Å². The van der Waals surface area contributed by atoms with Gasteiger partial charge in [-0.15, -0.1) is 0 Å². The van der Waals surface area contributed by atoms with Gasteiger partial charge in [0.1, 0.15) is 6.23 Å². The summed E-state index contributed by atoms with van der Waals surface area (Å²) in [5, 5.41) is 12.3. The van der Waals surface area contributed by atoms with Crippen molar-refractivity contribution in [1.29, 1.82) is 0 Å². The summed E-state index contributed by atoms with van der Waals surface area (Å²) >= 11 is 0. The van der Waals surface area contributed by atoms with E-state index < -0.39 is 37.4 Å². The van der Waals surface area contributed by atoms with Crippen molar-refractivity contribution in [2.75, 3.05) is 19.8 Å². The van der Waals surface area contributed by atoms with Gasteiger partial charge in [0.25, 0.3) is 5.56 Å². The van der Waals surface area contributed by atoms with Crippen LogP contribution >= 0.6 is 7.75 Å². The topological polar surface area (TPSA) is 132 Å². The SMILES string of the molecule is CCOP(=O)(N[C@H]1C[C@H](n2cc(C)c(=O)[nH]c2=O)O[C@@H]1CO)OCC. The Kier molecular flexibility index (Phi) is 6.72. The first-order valence-electron chi connectivity index (χ1n) is 8.08. The van der Waals surface area contributed by atoms with E-state index in [2.05, 4.69) is 10.1 Å². The highest BCUT2D eigenvalue weighted by molar-refractivity contribution is 7.51. The zero-order valence-corrected chi connectivity index (χ0v) is 15.3. The molecule has 2 rings (SSSR count). The predicted octanol–water partition coefficient (Wildman–Crippen LogP) is 0.264. The van der Waals surface area contributed by atoms with E-state index >= 15 is 0 Å². The molecule has 11 heteroatoms. The van der Waals surface area contributed by atoms with Crippen molar-refractivity contribution in [2.24, 2.45) is 0 Å². The number of aromatic nitrogens is 2. The van der Waals surface area contributed by atoms with Crippen LogP contribution in [0.3, 0.4) is 0 Å². The van der Waals surface area contributed by atoms with Crippen molar-refractivity contribution in [2.45, 2.75) is 45.6 Å². The number of aryl methyl sites for hydroxylation is 1. The second kappa shape index (κ2) is 8.39. The molecule has 1 saturated heterocycles. The Hall–Kier alpha value is -1.29. The van der Waals surface area contributed by atoms with E-state index in [4.69, 9.17) is 13.8 Å². The zero-order chi connectivity index (χ0) is 18.6. The summed E-state index contributed by atoms with van der Waals surface area (Å²) in [5.41, 5.74) is -0.727. The lowest BCUT2D eigenvalue weighted by Crippen LogP contribution is -2.37. The number of hydrogen-bond donors (Lipinski definition) is 3. The minimum Gasteiger partial charge on any atom is -0.394 e. The van der Waals surface area contributed by atoms with Crippen LogP contribution in [0.4, 0.5) is 0 Å². The zero-order valence-electron chi connectivity index (χ0n) is 14.4. The van der Waals surface area contributed by atoms with E-state index in [1.165, 1.54) is 10.8 Å². The molecule has 1 aromatic rings. The van der Waals surface area contributed by atoms with Crippen molar-refractivity contribution < 1.29 is 23.5 Å². The number of aliphatic hydroxyl groups excluding tert-OH is 1. The lowest BCUT2D eigenvalue weighted by molar-refractivity contribution is -0.0284. The van der Waals surface area contributed by atoms with Crippen LogP contribution in [0.5, 0.6) is 0 Å². The molecule has 1 aliphatic rings. The lowest BCUT2D eigenvalue weighted by Gasteiger charge is -2.23. The molecule has 10 nitrogen and oxygen atoms in total. The van der Waals surface area contributed by atoms with Gasteiger partial charge in [0.15, 0.2) is 0 Å². The molecule has 3 atom stereocenters. The molecule has 0 saturated carbocycles. The highest BCUT2D eigenvalue weighted by atomic mass is 31.2. The third-order valence-electron chi connectivity index (χ3n) is 3.79. The van der Waals surface area contributed by atoms with Crippen LogP contribution in [0.1, 0.15) is 32.1 Å². The average Bonchev–Trinajstić information content (AvgIpc) is 2.93. The summed E-state index contributed by atoms with van der Waals surface area (Å²) in [5.74, 6) is 0. The summed E-state index contributed by atoms with van der Waals surface area (Å²) in [4.78, 5) is 25.7. The summed E-state index contributed by atoms with van der Waals surface area (Å²) in [6, 6.07) is -0.557. The van der Waals surface area contributed by atoms with Gasteiger partial charge >= 0.3 is 13.4 Å². The van der Waals surface area contributed by atoms with Gasteiger partial charge in [0, 0.05) is 18.2 Å². The van der Waals surface area contributed by atoms with Gasteiger partial charge in [0.2, 0.25) is 0 Å². The van der Waals surface area contributed by atoms with Crippen molar-refractivity contribution in [1.82, 2.24) is 14.6 Å². The maximum Gasteiger partial charge on any atom is 0.405 e. The first-order chi connectivity index (χ1) is 11.8. The number of H-pyrrole nitrogens is 1. The molecule has 2 heterocycles. The fourth-order valence-electron chi connectivity index (χ4n) is 2.66. The summed E-state index contributed by atoms with van der Waals surface area (Å²) in [6.07, 6.45) is 0.196. The Balaban J connectivity index is 2.23. The van der Waals surface area contributed by atoms with Gasteiger partial charge in [0.05, 0.1) is 32.0 Å². The van der Waals surface area contributed by atoms with Gasteiger partial charge in [-0.3, -0.25) is 23.4 Å². The minimum absolute atomic E-state index is 0.184. The van der Waals surface area contributed by atoms with E-state index in [0.29, 0.717) is 5.56 Å². The quantitative estimate of drug-likeness (QED) is 0.550. The lowest BCUT2D eigenvalue weighted by atomic mass is 10.1. The number of nitrogens with zero attached hydrogens (tertiary/aromatic N) is 1. The summed E-state index contributed by atoms with van der Waals surface area (Å²) in [6.45, 7) is 4.97. The summed E-state index contributed by atoms with van der Waals surface area (Å²) in [7, 11) is -3.55. The molecule has 1 fully saturated rings. The second-order valence-corrected chi connectivity index (χ2v) is 7.36. The Labute approximate surface area is 144 Å². The van der Waals surface area contributed by atoms with E-state index in [-0.39, 0.29) is 26.2 Å². The van der Waals surface area contributed by atoms with E-state index in [0.717, 1.165) is 0 Å². The van der Waals surface area contributed by atoms with Gasteiger partial charge in [-0.1, -0.05) is 0 Å². The Morgan fingerprint density at radius 3 is 2.60 bits per heavy atom. The third kappa shape index (κ3) is 4.66. The molecular formula is C14H24N3O7P. The number of rotatable bonds is 8. The molecule has 3 N–H and O–H groups in total. The molecule has 0 spiro atoms. The molecule has 0 amide bonds. The molecule has 1 aromatic heterocycles. The molecule has 0 aromatic carbocycles. The van der Waals surface area contributed by atoms with Crippen LogP contribution in [0.15, 0.2) is 15.8 Å². The number of hydrogen-bond acceptors (Lipinski definition) is 7. The maximum atomic E-state index is 12.6. The molecule has 25 heavy (non-hydrogen) atoms. The van der Waals surface area contributed by atoms with Gasteiger partial charge in [-0.25, -0.2) is 14.4 Å².